The fraction of sp³-hybridized carbons (Fsp3) is 0.800. The molecule has 1 atom stereocenters. The minimum Gasteiger partial charge on any atom is -0.481 e. The molecule has 1 rings (SSSR count). The van der Waals surface area contributed by atoms with Gasteiger partial charge in [0.25, 0.3) is 5.92 Å². The van der Waals surface area contributed by atoms with E-state index in [1.807, 2.05) is 0 Å². The molecule has 0 aliphatic carbocycles. The van der Waals surface area contributed by atoms with Crippen molar-refractivity contribution in [2.45, 2.75) is 24.8 Å². The minimum absolute atomic E-state index is 0.0161. The number of ether oxygens (including phenoxy) is 1. The van der Waals surface area contributed by atoms with Crippen molar-refractivity contribution < 1.29 is 28.2 Å². The van der Waals surface area contributed by atoms with Gasteiger partial charge in [-0.05, 0) is 0 Å². The Kier molecular flexibility index (Phi) is 4.83. The zero-order chi connectivity index (χ0) is 13.8. The third-order valence-electron chi connectivity index (χ3n) is 2.57. The molecule has 1 saturated heterocycles. The summed E-state index contributed by atoms with van der Waals surface area (Å²) < 4.78 is 30.6. The number of halogens is 2. The second kappa shape index (κ2) is 5.94. The first-order valence-corrected chi connectivity index (χ1v) is 5.48. The number of rotatable bonds is 5. The third kappa shape index (κ3) is 4.44. The average molecular weight is 266 g/mol. The lowest BCUT2D eigenvalue weighted by molar-refractivity contribution is -0.137. The van der Waals surface area contributed by atoms with Crippen molar-refractivity contribution in [3.63, 3.8) is 0 Å². The number of methoxy groups -OCH3 is 1. The fourth-order valence-electron chi connectivity index (χ4n) is 1.74. The molecule has 0 spiro atoms. The van der Waals surface area contributed by atoms with Crippen LogP contribution in [-0.4, -0.2) is 60.8 Å². The number of nitrogens with zero attached hydrogens (tertiary/aromatic N) is 1. The Hall–Kier alpha value is -1.44. The normalized spacial score (nSPS) is 19.6. The van der Waals surface area contributed by atoms with Gasteiger partial charge in [-0.2, -0.15) is 0 Å². The Morgan fingerprint density at radius 3 is 2.67 bits per heavy atom. The number of carboxylic acids is 1. The van der Waals surface area contributed by atoms with Crippen LogP contribution in [0, 0.1) is 0 Å². The molecular formula is C10H16F2N2O4. The molecule has 0 aromatic heterocycles. The van der Waals surface area contributed by atoms with Gasteiger partial charge in [0.1, 0.15) is 0 Å². The first kappa shape index (κ1) is 14.6. The van der Waals surface area contributed by atoms with Gasteiger partial charge in [-0.25, -0.2) is 13.6 Å². The van der Waals surface area contributed by atoms with Crippen molar-refractivity contribution in [2.24, 2.45) is 0 Å². The lowest BCUT2D eigenvalue weighted by Crippen LogP contribution is -2.47. The van der Waals surface area contributed by atoms with Gasteiger partial charge < -0.3 is 20.1 Å². The van der Waals surface area contributed by atoms with Crippen molar-refractivity contribution in [3.8, 4) is 0 Å². The summed E-state index contributed by atoms with van der Waals surface area (Å²) in [6, 6.07) is -1.41. The molecule has 0 saturated carbocycles. The highest BCUT2D eigenvalue weighted by atomic mass is 19.3. The summed E-state index contributed by atoms with van der Waals surface area (Å²) in [5, 5.41) is 11.0. The Labute approximate surface area is 103 Å². The molecule has 0 bridgehead atoms. The van der Waals surface area contributed by atoms with E-state index >= 15 is 0 Å². The van der Waals surface area contributed by atoms with Crippen molar-refractivity contribution >= 4 is 12.0 Å². The summed E-state index contributed by atoms with van der Waals surface area (Å²) in [5.41, 5.74) is 0. The quantitative estimate of drug-likeness (QED) is 0.760. The Morgan fingerprint density at radius 2 is 2.22 bits per heavy atom. The molecule has 104 valence electrons. The maximum atomic E-state index is 12.9. The van der Waals surface area contributed by atoms with E-state index < -0.39 is 30.5 Å². The summed E-state index contributed by atoms with van der Waals surface area (Å²) in [6.07, 6.45) is -0.682. The Bertz CT molecular complexity index is 325. The van der Waals surface area contributed by atoms with Crippen LogP contribution in [0.5, 0.6) is 0 Å². The van der Waals surface area contributed by atoms with Gasteiger partial charge in [-0.3, -0.25) is 4.79 Å². The molecule has 0 aromatic rings. The summed E-state index contributed by atoms with van der Waals surface area (Å²) in [4.78, 5) is 23.2. The van der Waals surface area contributed by atoms with Gasteiger partial charge in [0.15, 0.2) is 0 Å². The molecule has 0 radical (unpaired) electrons. The topological polar surface area (TPSA) is 78.9 Å². The molecule has 2 N–H and O–H groups in total. The van der Waals surface area contributed by atoms with Gasteiger partial charge in [-0.1, -0.05) is 0 Å². The zero-order valence-electron chi connectivity index (χ0n) is 9.99. The van der Waals surface area contributed by atoms with Crippen LogP contribution in [0.25, 0.3) is 0 Å². The van der Waals surface area contributed by atoms with E-state index in [9.17, 15) is 18.4 Å². The molecule has 8 heteroatoms. The van der Waals surface area contributed by atoms with Crippen LogP contribution in [0.4, 0.5) is 13.6 Å². The van der Waals surface area contributed by atoms with Crippen molar-refractivity contribution in [3.05, 3.63) is 0 Å². The SMILES string of the molecule is COC[C@@H](CC(=O)O)NC(=O)N1CCC(F)(F)C1. The van der Waals surface area contributed by atoms with Gasteiger partial charge in [0.05, 0.1) is 25.6 Å². The number of amides is 2. The van der Waals surface area contributed by atoms with Crippen LogP contribution in [0.3, 0.4) is 0 Å². The second-order valence-corrected chi connectivity index (χ2v) is 4.23. The number of nitrogens with one attached hydrogen (secondary N) is 1. The van der Waals surface area contributed by atoms with Crippen molar-refractivity contribution in [1.82, 2.24) is 10.2 Å². The molecule has 1 heterocycles. The van der Waals surface area contributed by atoms with Crippen LogP contribution in [-0.2, 0) is 9.53 Å². The first-order chi connectivity index (χ1) is 8.34. The average Bonchev–Trinajstić information content (AvgIpc) is 2.58. The lowest BCUT2D eigenvalue weighted by Gasteiger charge is -2.21. The van der Waals surface area contributed by atoms with E-state index in [0.29, 0.717) is 0 Å². The van der Waals surface area contributed by atoms with Crippen molar-refractivity contribution in [1.29, 1.82) is 0 Å². The van der Waals surface area contributed by atoms with Gasteiger partial charge in [-0.15, -0.1) is 0 Å². The van der Waals surface area contributed by atoms with Crippen LogP contribution >= 0.6 is 0 Å². The maximum absolute atomic E-state index is 12.9. The van der Waals surface area contributed by atoms with E-state index in [4.69, 9.17) is 9.84 Å². The smallest absolute Gasteiger partial charge is 0.317 e. The zero-order valence-corrected chi connectivity index (χ0v) is 9.99. The molecule has 6 nitrogen and oxygen atoms in total. The summed E-state index contributed by atoms with van der Waals surface area (Å²) in [5.74, 6) is -3.95. The summed E-state index contributed by atoms with van der Waals surface area (Å²) >= 11 is 0. The number of carbonyl (C=O) groups excluding carboxylic acids is 1. The van der Waals surface area contributed by atoms with E-state index in [1.165, 1.54) is 7.11 Å². The molecule has 0 unspecified atom stereocenters. The first-order valence-electron chi connectivity index (χ1n) is 5.48. The monoisotopic (exact) mass is 266 g/mol. The summed E-state index contributed by atoms with van der Waals surface area (Å²) in [6.45, 7) is -0.653. The lowest BCUT2D eigenvalue weighted by atomic mass is 10.2. The van der Waals surface area contributed by atoms with E-state index in [1.54, 1.807) is 0 Å². The molecule has 1 fully saturated rings. The fourth-order valence-corrected chi connectivity index (χ4v) is 1.74. The molecular weight excluding hydrogens is 250 g/mol. The number of hydrogen-bond donors (Lipinski definition) is 2. The largest absolute Gasteiger partial charge is 0.481 e. The molecule has 1 aliphatic heterocycles. The highest BCUT2D eigenvalue weighted by molar-refractivity contribution is 5.76. The summed E-state index contributed by atoms with van der Waals surface area (Å²) in [7, 11) is 1.37. The standard InChI is InChI=1S/C10H16F2N2O4/c1-18-5-7(4-8(15)16)13-9(17)14-3-2-10(11,12)6-14/h7H,2-6H2,1H3,(H,13,17)(H,15,16)/t7-/m1/s1. The second-order valence-electron chi connectivity index (χ2n) is 4.23. The van der Waals surface area contributed by atoms with Gasteiger partial charge >= 0.3 is 12.0 Å². The predicted molar refractivity (Wildman–Crippen MR) is 57.6 cm³/mol. The van der Waals surface area contributed by atoms with Crippen LogP contribution in [0.2, 0.25) is 0 Å². The number of aliphatic carboxylic acids is 1. The third-order valence-corrected chi connectivity index (χ3v) is 2.57. The molecule has 0 aromatic carbocycles. The van der Waals surface area contributed by atoms with Gasteiger partial charge in [0, 0.05) is 20.1 Å². The van der Waals surface area contributed by atoms with Crippen LogP contribution < -0.4 is 5.32 Å². The van der Waals surface area contributed by atoms with Crippen LogP contribution in [0.15, 0.2) is 0 Å². The Morgan fingerprint density at radius 1 is 1.56 bits per heavy atom. The molecule has 18 heavy (non-hydrogen) atoms. The number of carbonyl (C=O) groups is 2. The number of alkyl halides is 2. The van der Waals surface area contributed by atoms with E-state index in [2.05, 4.69) is 5.32 Å². The Balaban J connectivity index is 2.48. The maximum Gasteiger partial charge on any atom is 0.317 e. The van der Waals surface area contributed by atoms with Crippen molar-refractivity contribution in [2.75, 3.05) is 26.8 Å². The molecule has 2 amide bonds. The number of urea groups is 1. The molecule has 1 aliphatic rings. The highest BCUT2D eigenvalue weighted by Gasteiger charge is 2.40. The number of carboxylic acid groups (broad SMARTS) is 1. The highest BCUT2D eigenvalue weighted by Crippen LogP contribution is 2.26. The predicted octanol–water partition coefficient (Wildman–Crippen LogP) is 0.527. The van der Waals surface area contributed by atoms with E-state index in [0.717, 1.165) is 4.90 Å². The van der Waals surface area contributed by atoms with E-state index in [-0.39, 0.29) is 26.0 Å². The number of likely N-dealkylation sites (tertiary alicyclic amines) is 1. The number of hydrogen-bond acceptors (Lipinski definition) is 3. The van der Waals surface area contributed by atoms with Crippen LogP contribution in [0.1, 0.15) is 12.8 Å². The van der Waals surface area contributed by atoms with Gasteiger partial charge in [0.2, 0.25) is 0 Å². The minimum atomic E-state index is -2.86.